The summed E-state index contributed by atoms with van der Waals surface area (Å²) in [6.07, 6.45) is 4.37. The van der Waals surface area contributed by atoms with Gasteiger partial charge in [0.25, 0.3) is 0 Å². The standard InChI is InChI=1S/C9H20O3Si/c1-10-8(11-2)6-4-5-7-9(8,13)12-3/h4-7H2,1-3,13H3. The Morgan fingerprint density at radius 3 is 1.85 bits per heavy atom. The molecule has 1 atom stereocenters. The van der Waals surface area contributed by atoms with E-state index in [1.54, 1.807) is 21.3 Å². The first-order chi connectivity index (χ1) is 6.14. The maximum Gasteiger partial charge on any atom is 0.192 e. The Hall–Kier alpha value is 0.0969. The molecule has 78 valence electrons. The van der Waals surface area contributed by atoms with E-state index in [-0.39, 0.29) is 5.22 Å². The monoisotopic (exact) mass is 204 g/mol. The lowest BCUT2D eigenvalue weighted by Crippen LogP contribution is -2.60. The summed E-state index contributed by atoms with van der Waals surface area (Å²) in [4.78, 5) is 0. The van der Waals surface area contributed by atoms with Crippen molar-refractivity contribution in [3.8, 4) is 0 Å². The van der Waals surface area contributed by atoms with Crippen LogP contribution in [0, 0.1) is 0 Å². The van der Waals surface area contributed by atoms with Crippen molar-refractivity contribution < 1.29 is 14.2 Å². The van der Waals surface area contributed by atoms with Crippen molar-refractivity contribution >= 4 is 10.2 Å². The highest BCUT2D eigenvalue weighted by molar-refractivity contribution is 6.15. The molecular formula is C9H20O3Si. The summed E-state index contributed by atoms with van der Waals surface area (Å²) in [5.41, 5.74) is 0. The lowest BCUT2D eigenvalue weighted by Gasteiger charge is -2.48. The molecule has 0 radical (unpaired) electrons. The zero-order chi connectivity index (χ0) is 9.95. The van der Waals surface area contributed by atoms with E-state index in [2.05, 4.69) is 0 Å². The fraction of sp³-hybridized carbons (Fsp3) is 1.00. The number of ether oxygens (including phenoxy) is 3. The molecule has 1 aliphatic rings. The molecule has 0 heterocycles. The van der Waals surface area contributed by atoms with E-state index in [4.69, 9.17) is 14.2 Å². The van der Waals surface area contributed by atoms with Crippen molar-refractivity contribution in [1.29, 1.82) is 0 Å². The molecular weight excluding hydrogens is 184 g/mol. The van der Waals surface area contributed by atoms with Gasteiger partial charge in [-0.2, -0.15) is 0 Å². The van der Waals surface area contributed by atoms with Gasteiger partial charge in [-0.15, -0.1) is 0 Å². The highest BCUT2D eigenvalue weighted by Crippen LogP contribution is 2.40. The van der Waals surface area contributed by atoms with Crippen LogP contribution in [0.25, 0.3) is 0 Å². The van der Waals surface area contributed by atoms with Gasteiger partial charge in [0.2, 0.25) is 0 Å². The summed E-state index contributed by atoms with van der Waals surface area (Å²) in [7, 11) is 6.11. The molecule has 1 rings (SSSR count). The van der Waals surface area contributed by atoms with Crippen LogP contribution >= 0.6 is 0 Å². The maximum atomic E-state index is 5.59. The Bertz CT molecular complexity index is 170. The van der Waals surface area contributed by atoms with Crippen LogP contribution in [0.5, 0.6) is 0 Å². The van der Waals surface area contributed by atoms with Gasteiger partial charge in [-0.1, -0.05) is 6.42 Å². The van der Waals surface area contributed by atoms with E-state index >= 15 is 0 Å². The van der Waals surface area contributed by atoms with Gasteiger partial charge in [0, 0.05) is 27.8 Å². The third-order valence-corrected chi connectivity index (χ3v) is 5.00. The minimum atomic E-state index is -0.494. The quantitative estimate of drug-likeness (QED) is 0.487. The van der Waals surface area contributed by atoms with E-state index in [0.717, 1.165) is 29.5 Å². The molecule has 0 bridgehead atoms. The third-order valence-electron chi connectivity index (χ3n) is 3.33. The summed E-state index contributed by atoms with van der Waals surface area (Å²) >= 11 is 0. The molecule has 0 amide bonds. The summed E-state index contributed by atoms with van der Waals surface area (Å²) in [6.45, 7) is 0. The van der Waals surface area contributed by atoms with Gasteiger partial charge in [-0.05, 0) is 12.8 Å². The Labute approximate surface area is 83.2 Å². The molecule has 0 spiro atoms. The Morgan fingerprint density at radius 1 is 0.923 bits per heavy atom. The number of hydrogen-bond acceptors (Lipinski definition) is 3. The van der Waals surface area contributed by atoms with Crippen LogP contribution in [0.2, 0.25) is 0 Å². The Balaban J connectivity index is 2.87. The minimum absolute atomic E-state index is 0.172. The zero-order valence-corrected chi connectivity index (χ0v) is 11.1. The van der Waals surface area contributed by atoms with E-state index in [1.165, 1.54) is 6.42 Å². The molecule has 0 N–H and O–H groups in total. The van der Waals surface area contributed by atoms with Gasteiger partial charge in [-0.25, -0.2) is 0 Å². The molecule has 13 heavy (non-hydrogen) atoms. The van der Waals surface area contributed by atoms with Gasteiger partial charge < -0.3 is 14.2 Å². The predicted molar refractivity (Wildman–Crippen MR) is 54.9 cm³/mol. The summed E-state index contributed by atoms with van der Waals surface area (Å²) < 4.78 is 16.6. The van der Waals surface area contributed by atoms with E-state index < -0.39 is 5.79 Å². The molecule has 0 aromatic heterocycles. The fourth-order valence-electron chi connectivity index (χ4n) is 2.25. The average Bonchev–Trinajstić information content (AvgIpc) is 2.19. The van der Waals surface area contributed by atoms with Crippen molar-refractivity contribution in [2.24, 2.45) is 0 Å². The number of rotatable bonds is 3. The summed E-state index contributed by atoms with van der Waals surface area (Å²) in [6, 6.07) is 0. The smallest absolute Gasteiger partial charge is 0.192 e. The molecule has 1 unspecified atom stereocenters. The van der Waals surface area contributed by atoms with Crippen LogP contribution < -0.4 is 0 Å². The van der Waals surface area contributed by atoms with Crippen LogP contribution in [-0.2, 0) is 14.2 Å². The highest BCUT2D eigenvalue weighted by Gasteiger charge is 2.51. The first-order valence-electron chi connectivity index (χ1n) is 4.79. The lowest BCUT2D eigenvalue weighted by atomic mass is 9.90. The second-order valence-electron chi connectivity index (χ2n) is 3.80. The van der Waals surface area contributed by atoms with Crippen LogP contribution in [0.15, 0.2) is 0 Å². The van der Waals surface area contributed by atoms with Gasteiger partial charge in [0.1, 0.15) is 5.22 Å². The molecule has 4 heteroatoms. The largest absolute Gasteiger partial charge is 0.377 e. The third kappa shape index (κ3) is 1.68. The van der Waals surface area contributed by atoms with Crippen molar-refractivity contribution in [3.63, 3.8) is 0 Å². The topological polar surface area (TPSA) is 27.7 Å². The lowest BCUT2D eigenvalue weighted by molar-refractivity contribution is -0.294. The zero-order valence-electron chi connectivity index (χ0n) is 9.05. The number of hydrogen-bond donors (Lipinski definition) is 0. The van der Waals surface area contributed by atoms with E-state index in [1.807, 2.05) is 0 Å². The number of methoxy groups -OCH3 is 3. The first kappa shape index (κ1) is 11.2. The second-order valence-corrected chi connectivity index (χ2v) is 5.42. The molecule has 0 aliphatic heterocycles. The van der Waals surface area contributed by atoms with Crippen molar-refractivity contribution in [2.45, 2.75) is 36.7 Å². The highest BCUT2D eigenvalue weighted by atomic mass is 28.1. The van der Waals surface area contributed by atoms with Crippen molar-refractivity contribution in [2.75, 3.05) is 21.3 Å². The molecule has 1 fully saturated rings. The van der Waals surface area contributed by atoms with Crippen LogP contribution in [0.4, 0.5) is 0 Å². The molecule has 0 saturated heterocycles. The van der Waals surface area contributed by atoms with Crippen molar-refractivity contribution in [1.82, 2.24) is 0 Å². The van der Waals surface area contributed by atoms with E-state index in [0.29, 0.717) is 0 Å². The van der Waals surface area contributed by atoms with Crippen LogP contribution in [0.1, 0.15) is 25.7 Å². The van der Waals surface area contributed by atoms with Gasteiger partial charge in [-0.3, -0.25) is 0 Å². The SMILES string of the molecule is COC1([SiH3])CCCCC1(OC)OC. The first-order valence-corrected chi connectivity index (χ1v) is 5.79. The Morgan fingerprint density at radius 2 is 1.46 bits per heavy atom. The Kier molecular flexibility index (Phi) is 3.51. The molecule has 3 nitrogen and oxygen atoms in total. The summed E-state index contributed by atoms with van der Waals surface area (Å²) in [5.74, 6) is -0.494. The van der Waals surface area contributed by atoms with Crippen molar-refractivity contribution in [3.05, 3.63) is 0 Å². The average molecular weight is 204 g/mol. The van der Waals surface area contributed by atoms with E-state index in [9.17, 15) is 0 Å². The predicted octanol–water partition coefficient (Wildman–Crippen LogP) is 0.258. The second kappa shape index (κ2) is 4.08. The van der Waals surface area contributed by atoms with Crippen LogP contribution in [-0.4, -0.2) is 42.6 Å². The molecule has 0 aromatic rings. The minimum Gasteiger partial charge on any atom is -0.377 e. The fourth-order valence-corrected chi connectivity index (χ4v) is 3.26. The maximum absolute atomic E-state index is 5.59. The molecule has 0 aromatic carbocycles. The van der Waals surface area contributed by atoms with Crippen LogP contribution in [0.3, 0.4) is 0 Å². The molecule has 1 aliphatic carbocycles. The summed E-state index contributed by atoms with van der Waals surface area (Å²) in [5, 5.41) is -0.172. The van der Waals surface area contributed by atoms with Gasteiger partial charge >= 0.3 is 0 Å². The van der Waals surface area contributed by atoms with Gasteiger partial charge in [0.15, 0.2) is 5.79 Å². The normalized spacial score (nSPS) is 33.5. The molecule has 1 saturated carbocycles. The van der Waals surface area contributed by atoms with Gasteiger partial charge in [0.05, 0.1) is 10.2 Å².